The molecule has 0 amide bonds. The summed E-state index contributed by atoms with van der Waals surface area (Å²) in [6.45, 7) is 4.01. The van der Waals surface area contributed by atoms with Crippen LogP contribution in [0.15, 0.2) is 48.8 Å². The van der Waals surface area contributed by atoms with E-state index in [4.69, 9.17) is 4.74 Å². The molecule has 2 aromatic rings. The van der Waals surface area contributed by atoms with Crippen molar-refractivity contribution in [2.24, 2.45) is 0 Å². The van der Waals surface area contributed by atoms with Crippen molar-refractivity contribution in [1.29, 1.82) is 0 Å². The molecule has 0 spiro atoms. The van der Waals surface area contributed by atoms with Crippen molar-refractivity contribution in [1.82, 2.24) is 9.97 Å². The fraction of sp³-hybridized carbons (Fsp3) is 0.409. The van der Waals surface area contributed by atoms with Crippen LogP contribution in [0.3, 0.4) is 0 Å². The van der Waals surface area contributed by atoms with E-state index in [2.05, 4.69) is 29.0 Å². The Morgan fingerprint density at radius 2 is 1.65 bits per heavy atom. The first-order valence-corrected chi connectivity index (χ1v) is 9.48. The topological polar surface area (TPSA) is 52.1 Å². The maximum atomic E-state index is 11.4. The molecule has 1 aromatic carbocycles. The lowest BCUT2D eigenvalue weighted by Gasteiger charge is -2.05. The van der Waals surface area contributed by atoms with Gasteiger partial charge in [-0.15, -0.1) is 0 Å². The number of aromatic nitrogens is 2. The van der Waals surface area contributed by atoms with Gasteiger partial charge in [0.15, 0.2) is 11.6 Å². The van der Waals surface area contributed by atoms with E-state index in [9.17, 15) is 4.79 Å². The molecule has 4 nitrogen and oxygen atoms in total. The average Bonchev–Trinajstić information content (AvgIpc) is 2.66. The number of benzene rings is 1. The number of hydrogen-bond donors (Lipinski definition) is 0. The second-order valence-electron chi connectivity index (χ2n) is 6.38. The van der Waals surface area contributed by atoms with Crippen LogP contribution >= 0.6 is 0 Å². The Bertz CT molecular complexity index is 691. The summed E-state index contributed by atoms with van der Waals surface area (Å²) in [4.78, 5) is 20.0. The van der Waals surface area contributed by atoms with Gasteiger partial charge in [-0.2, -0.15) is 0 Å². The predicted molar refractivity (Wildman–Crippen MR) is 105 cm³/mol. The Kier molecular flexibility index (Phi) is 8.53. The van der Waals surface area contributed by atoms with Gasteiger partial charge in [0.25, 0.3) is 0 Å². The van der Waals surface area contributed by atoms with Crippen LogP contribution in [0, 0.1) is 0 Å². The van der Waals surface area contributed by atoms with E-state index in [1.54, 1.807) is 13.0 Å². The number of nitrogens with zero attached hydrogens (tertiary/aromatic N) is 2. The number of carbonyl (C=O) groups is 1. The number of esters is 1. The molecule has 0 saturated carbocycles. The summed E-state index contributed by atoms with van der Waals surface area (Å²) in [5.41, 5.74) is 2.31. The molecular formula is C22H28N2O2. The maximum absolute atomic E-state index is 11.4. The number of unbranched alkanes of at least 4 members (excludes halogenated alkanes) is 5. The molecule has 0 N–H and O–H groups in total. The molecular weight excluding hydrogens is 324 g/mol. The van der Waals surface area contributed by atoms with Crippen molar-refractivity contribution >= 4 is 5.97 Å². The van der Waals surface area contributed by atoms with Crippen molar-refractivity contribution in [3.63, 3.8) is 0 Å². The number of carbonyl (C=O) groups excluding carboxylic acids is 1. The van der Waals surface area contributed by atoms with Crippen LogP contribution in [0.25, 0.3) is 11.4 Å². The zero-order valence-electron chi connectivity index (χ0n) is 15.8. The third-order valence-electron chi connectivity index (χ3n) is 4.18. The van der Waals surface area contributed by atoms with Crippen LogP contribution in [0.4, 0.5) is 0 Å². The first-order chi connectivity index (χ1) is 12.7. The fourth-order valence-electron chi connectivity index (χ4n) is 2.73. The monoisotopic (exact) mass is 352 g/mol. The van der Waals surface area contributed by atoms with Gasteiger partial charge in [0.2, 0.25) is 0 Å². The van der Waals surface area contributed by atoms with Crippen LogP contribution in [-0.2, 0) is 11.2 Å². The second kappa shape index (κ2) is 11.2. The summed E-state index contributed by atoms with van der Waals surface area (Å²) in [5.74, 6) is 0.543. The highest BCUT2D eigenvalue weighted by atomic mass is 16.5. The number of allylic oxidation sites excluding steroid dienone is 1. The molecule has 26 heavy (non-hydrogen) atoms. The van der Waals surface area contributed by atoms with Crippen molar-refractivity contribution in [2.75, 3.05) is 0 Å². The highest BCUT2D eigenvalue weighted by Crippen LogP contribution is 2.18. The van der Waals surface area contributed by atoms with E-state index in [0.29, 0.717) is 11.6 Å². The Labute approximate surface area is 156 Å². The summed E-state index contributed by atoms with van der Waals surface area (Å²) >= 11 is 0. The minimum absolute atomic E-state index is 0.344. The molecule has 2 rings (SSSR count). The largest absolute Gasteiger partial charge is 0.420 e. The molecule has 0 saturated heterocycles. The minimum atomic E-state index is -0.428. The van der Waals surface area contributed by atoms with Crippen LogP contribution in [0.5, 0.6) is 5.75 Å². The lowest BCUT2D eigenvalue weighted by molar-refractivity contribution is -0.129. The average molecular weight is 352 g/mol. The number of aryl methyl sites for hydroxylation is 1. The number of hydrogen-bond acceptors (Lipinski definition) is 4. The zero-order valence-corrected chi connectivity index (χ0v) is 15.8. The minimum Gasteiger partial charge on any atom is -0.420 e. The van der Waals surface area contributed by atoms with Crippen LogP contribution < -0.4 is 4.74 Å². The second-order valence-corrected chi connectivity index (χ2v) is 6.38. The first-order valence-electron chi connectivity index (χ1n) is 9.48. The Balaban J connectivity index is 1.84. The molecule has 0 atom stereocenters. The summed E-state index contributed by atoms with van der Waals surface area (Å²) in [5, 5.41) is 0. The van der Waals surface area contributed by atoms with Gasteiger partial charge < -0.3 is 4.74 Å². The quantitative estimate of drug-likeness (QED) is 0.320. The van der Waals surface area contributed by atoms with E-state index in [1.165, 1.54) is 62.6 Å². The molecule has 0 bridgehead atoms. The van der Waals surface area contributed by atoms with Gasteiger partial charge in [-0.3, -0.25) is 0 Å². The Morgan fingerprint density at radius 3 is 2.31 bits per heavy atom. The standard InChI is InChI=1S/C22H28N2O2/c1-3-5-6-7-8-9-11-18-12-14-19(15-13-18)22-23-16-20(17-24-22)26-21(25)10-4-2/h4,10,12-17H,3,5-9,11H2,1-2H3. The molecule has 0 unspecified atom stereocenters. The normalized spacial score (nSPS) is 11.0. The van der Waals surface area contributed by atoms with Crippen LogP contribution in [-0.4, -0.2) is 15.9 Å². The van der Waals surface area contributed by atoms with Crippen LogP contribution in [0.1, 0.15) is 57.9 Å². The molecule has 1 aromatic heterocycles. The van der Waals surface area contributed by atoms with E-state index in [-0.39, 0.29) is 0 Å². The lowest BCUT2D eigenvalue weighted by Crippen LogP contribution is -2.04. The summed E-state index contributed by atoms with van der Waals surface area (Å²) in [6.07, 6.45) is 15.0. The number of ether oxygens (including phenoxy) is 1. The fourth-order valence-corrected chi connectivity index (χ4v) is 2.73. The molecule has 0 aliphatic carbocycles. The predicted octanol–water partition coefficient (Wildman–Crippen LogP) is 5.53. The highest BCUT2D eigenvalue weighted by Gasteiger charge is 2.05. The van der Waals surface area contributed by atoms with Crippen molar-refractivity contribution in [2.45, 2.75) is 58.8 Å². The van der Waals surface area contributed by atoms with Gasteiger partial charge in [-0.1, -0.05) is 69.4 Å². The van der Waals surface area contributed by atoms with Gasteiger partial charge in [0.1, 0.15) is 0 Å². The first kappa shape index (κ1) is 19.8. The molecule has 0 radical (unpaired) electrons. The van der Waals surface area contributed by atoms with Crippen molar-refractivity contribution < 1.29 is 9.53 Å². The van der Waals surface area contributed by atoms with E-state index < -0.39 is 5.97 Å². The van der Waals surface area contributed by atoms with Gasteiger partial charge in [-0.25, -0.2) is 14.8 Å². The van der Waals surface area contributed by atoms with Crippen molar-refractivity contribution in [3.8, 4) is 17.1 Å². The van der Waals surface area contributed by atoms with Gasteiger partial charge in [0.05, 0.1) is 12.4 Å². The molecule has 0 fully saturated rings. The maximum Gasteiger partial charge on any atom is 0.335 e. The third kappa shape index (κ3) is 6.79. The van der Waals surface area contributed by atoms with Crippen LogP contribution in [0.2, 0.25) is 0 Å². The zero-order chi connectivity index (χ0) is 18.6. The Hall–Kier alpha value is -2.49. The molecule has 0 aliphatic heterocycles. The van der Waals surface area contributed by atoms with Gasteiger partial charge in [-0.05, 0) is 25.3 Å². The molecule has 138 valence electrons. The highest BCUT2D eigenvalue weighted by molar-refractivity contribution is 5.83. The van der Waals surface area contributed by atoms with E-state index in [1.807, 2.05) is 12.1 Å². The molecule has 1 heterocycles. The summed E-state index contributed by atoms with van der Waals surface area (Å²) in [6, 6.07) is 8.38. The van der Waals surface area contributed by atoms with Crippen molar-refractivity contribution in [3.05, 3.63) is 54.4 Å². The smallest absolute Gasteiger partial charge is 0.335 e. The van der Waals surface area contributed by atoms with Gasteiger partial charge in [0, 0.05) is 11.6 Å². The Morgan fingerprint density at radius 1 is 1.00 bits per heavy atom. The van der Waals surface area contributed by atoms with E-state index in [0.717, 1.165) is 12.0 Å². The lowest BCUT2D eigenvalue weighted by atomic mass is 10.0. The SMILES string of the molecule is CC=CC(=O)Oc1cnc(-c2ccc(CCCCCCCC)cc2)nc1. The molecule has 4 heteroatoms. The summed E-state index contributed by atoms with van der Waals surface area (Å²) in [7, 11) is 0. The molecule has 0 aliphatic rings. The van der Waals surface area contributed by atoms with Gasteiger partial charge >= 0.3 is 5.97 Å². The summed E-state index contributed by atoms with van der Waals surface area (Å²) < 4.78 is 5.09. The number of rotatable bonds is 10. The third-order valence-corrected chi connectivity index (χ3v) is 4.18. The van der Waals surface area contributed by atoms with E-state index >= 15 is 0 Å².